The minimum atomic E-state index is 0.534. The van der Waals surface area contributed by atoms with E-state index in [0.29, 0.717) is 17.5 Å². The molecule has 28 heavy (non-hydrogen) atoms. The molecule has 0 fully saturated rings. The van der Waals surface area contributed by atoms with E-state index in [2.05, 4.69) is 20.3 Å². The van der Waals surface area contributed by atoms with E-state index >= 15 is 0 Å². The summed E-state index contributed by atoms with van der Waals surface area (Å²) in [7, 11) is 1.65. The van der Waals surface area contributed by atoms with E-state index in [-0.39, 0.29) is 0 Å². The summed E-state index contributed by atoms with van der Waals surface area (Å²) >= 11 is 1.50. The van der Waals surface area contributed by atoms with Crippen LogP contribution in [0.4, 0.5) is 0 Å². The zero-order valence-electron chi connectivity index (χ0n) is 15.5. The fraction of sp³-hybridized carbons (Fsp3) is 0.143. The molecule has 6 nitrogen and oxygen atoms in total. The van der Waals surface area contributed by atoms with Gasteiger partial charge in [0.1, 0.15) is 10.8 Å². The van der Waals surface area contributed by atoms with E-state index in [1.165, 1.54) is 17.3 Å². The van der Waals surface area contributed by atoms with Crippen molar-refractivity contribution in [1.82, 2.24) is 20.3 Å². The van der Waals surface area contributed by atoms with Gasteiger partial charge in [-0.2, -0.15) is 4.98 Å². The van der Waals surface area contributed by atoms with Gasteiger partial charge in [-0.25, -0.2) is 0 Å². The van der Waals surface area contributed by atoms with Crippen LogP contribution in [0.25, 0.3) is 22.6 Å². The number of benzene rings is 2. The lowest BCUT2D eigenvalue weighted by molar-refractivity contribution is 0.391. The Balaban J connectivity index is 1.41. The number of rotatable bonds is 6. The second-order valence-corrected chi connectivity index (χ2v) is 7.15. The fourth-order valence-corrected chi connectivity index (χ4v) is 3.25. The van der Waals surface area contributed by atoms with E-state index in [4.69, 9.17) is 9.26 Å². The third kappa shape index (κ3) is 4.20. The molecular formula is C21H18N4O2S. The quantitative estimate of drug-likeness (QED) is 0.438. The van der Waals surface area contributed by atoms with Crippen LogP contribution < -0.4 is 4.74 Å². The first kappa shape index (κ1) is 18.2. The molecule has 0 bridgehead atoms. The summed E-state index contributed by atoms with van der Waals surface area (Å²) in [6, 6.07) is 19.6. The van der Waals surface area contributed by atoms with Crippen LogP contribution >= 0.6 is 11.8 Å². The van der Waals surface area contributed by atoms with Crippen molar-refractivity contribution in [1.29, 1.82) is 0 Å². The SMILES string of the molecule is COc1cccc(-c2ccc(SCc3nc(-c4ccc(C)cc4)no3)nn2)c1. The van der Waals surface area contributed by atoms with E-state index in [0.717, 1.165) is 27.6 Å². The van der Waals surface area contributed by atoms with Gasteiger partial charge in [-0.1, -0.05) is 58.9 Å². The highest BCUT2D eigenvalue weighted by atomic mass is 32.2. The summed E-state index contributed by atoms with van der Waals surface area (Å²) < 4.78 is 10.6. The van der Waals surface area contributed by atoms with Crippen LogP contribution in [0.2, 0.25) is 0 Å². The highest BCUT2D eigenvalue weighted by Gasteiger charge is 2.10. The molecule has 7 heteroatoms. The Bertz CT molecular complexity index is 1060. The Kier molecular flexibility index (Phi) is 5.34. The van der Waals surface area contributed by atoms with Crippen molar-refractivity contribution in [3.63, 3.8) is 0 Å². The molecule has 140 valence electrons. The van der Waals surface area contributed by atoms with Crippen LogP contribution in [-0.2, 0) is 5.75 Å². The largest absolute Gasteiger partial charge is 0.497 e. The molecule has 0 atom stereocenters. The van der Waals surface area contributed by atoms with Crippen molar-refractivity contribution in [3.8, 4) is 28.4 Å². The zero-order valence-corrected chi connectivity index (χ0v) is 16.3. The molecule has 0 saturated carbocycles. The van der Waals surface area contributed by atoms with Gasteiger partial charge in [0.2, 0.25) is 11.7 Å². The predicted octanol–water partition coefficient (Wildman–Crippen LogP) is 4.80. The lowest BCUT2D eigenvalue weighted by atomic mass is 10.1. The maximum absolute atomic E-state index is 5.35. The molecule has 0 radical (unpaired) electrons. The van der Waals surface area contributed by atoms with Crippen LogP contribution in [0, 0.1) is 6.92 Å². The third-order valence-corrected chi connectivity index (χ3v) is 5.03. The molecule has 4 aromatic rings. The van der Waals surface area contributed by atoms with Crippen molar-refractivity contribution in [2.45, 2.75) is 17.7 Å². The second kappa shape index (κ2) is 8.22. The molecule has 4 rings (SSSR count). The normalized spacial score (nSPS) is 10.8. The first-order valence-electron chi connectivity index (χ1n) is 8.72. The van der Waals surface area contributed by atoms with Gasteiger partial charge < -0.3 is 9.26 Å². The van der Waals surface area contributed by atoms with Crippen LogP contribution in [0.3, 0.4) is 0 Å². The first-order chi connectivity index (χ1) is 13.7. The second-order valence-electron chi connectivity index (χ2n) is 6.16. The minimum Gasteiger partial charge on any atom is -0.497 e. The van der Waals surface area contributed by atoms with E-state index in [1.54, 1.807) is 7.11 Å². The number of thioether (sulfide) groups is 1. The average Bonchev–Trinajstić information content (AvgIpc) is 3.22. The van der Waals surface area contributed by atoms with Crippen LogP contribution in [0.15, 0.2) is 70.2 Å². The monoisotopic (exact) mass is 390 g/mol. The fourth-order valence-electron chi connectivity index (χ4n) is 2.60. The standard InChI is InChI=1S/C21H18N4O2S/c1-14-6-8-15(9-7-14)21-22-19(27-25-21)13-28-20-11-10-18(23-24-20)16-4-3-5-17(12-16)26-2/h3-12H,13H2,1-2H3. The number of methoxy groups -OCH3 is 1. The predicted molar refractivity (Wildman–Crippen MR) is 108 cm³/mol. The number of hydrogen-bond acceptors (Lipinski definition) is 7. The third-order valence-electron chi connectivity index (χ3n) is 4.13. The Hall–Kier alpha value is -3.19. The van der Waals surface area contributed by atoms with Gasteiger partial charge in [-0.3, -0.25) is 0 Å². The molecule has 0 spiro atoms. The molecule has 0 N–H and O–H groups in total. The number of nitrogens with zero attached hydrogens (tertiary/aromatic N) is 4. The number of aryl methyl sites for hydroxylation is 1. The topological polar surface area (TPSA) is 73.9 Å². The van der Waals surface area contributed by atoms with Gasteiger partial charge in [0.05, 0.1) is 18.6 Å². The van der Waals surface area contributed by atoms with Crippen molar-refractivity contribution in [3.05, 3.63) is 72.1 Å². The smallest absolute Gasteiger partial charge is 0.237 e. The molecule has 0 aliphatic rings. The maximum Gasteiger partial charge on any atom is 0.237 e. The molecular weight excluding hydrogens is 372 g/mol. The van der Waals surface area contributed by atoms with E-state index < -0.39 is 0 Å². The zero-order chi connectivity index (χ0) is 19.3. The summed E-state index contributed by atoms with van der Waals surface area (Å²) in [6.45, 7) is 2.04. The van der Waals surface area contributed by atoms with Crippen molar-refractivity contribution >= 4 is 11.8 Å². The molecule has 0 amide bonds. The van der Waals surface area contributed by atoms with Gasteiger partial charge in [-0.05, 0) is 31.2 Å². The molecule has 2 heterocycles. The first-order valence-corrected chi connectivity index (χ1v) is 9.70. The Morgan fingerprint density at radius 3 is 2.57 bits per heavy atom. The summed E-state index contributed by atoms with van der Waals surface area (Å²) in [5.41, 5.74) is 3.89. The minimum absolute atomic E-state index is 0.534. The van der Waals surface area contributed by atoms with Gasteiger partial charge >= 0.3 is 0 Å². The summed E-state index contributed by atoms with van der Waals surface area (Å²) in [6.07, 6.45) is 0. The van der Waals surface area contributed by atoms with Gasteiger partial charge in [-0.15, -0.1) is 10.2 Å². The lowest BCUT2D eigenvalue weighted by Crippen LogP contribution is -1.91. The van der Waals surface area contributed by atoms with Gasteiger partial charge in [0.15, 0.2) is 0 Å². The van der Waals surface area contributed by atoms with Crippen LogP contribution in [-0.4, -0.2) is 27.4 Å². The summed E-state index contributed by atoms with van der Waals surface area (Å²) in [4.78, 5) is 4.45. The van der Waals surface area contributed by atoms with E-state index in [1.807, 2.05) is 67.6 Å². The highest BCUT2D eigenvalue weighted by molar-refractivity contribution is 7.98. The lowest BCUT2D eigenvalue weighted by Gasteiger charge is -2.04. The molecule has 0 aliphatic carbocycles. The highest BCUT2D eigenvalue weighted by Crippen LogP contribution is 2.25. The Labute approximate surface area is 167 Å². The summed E-state index contributed by atoms with van der Waals surface area (Å²) in [5.74, 6) is 2.47. The average molecular weight is 390 g/mol. The summed E-state index contributed by atoms with van der Waals surface area (Å²) in [5, 5.41) is 13.4. The van der Waals surface area contributed by atoms with Crippen LogP contribution in [0.1, 0.15) is 11.5 Å². The number of ether oxygens (including phenoxy) is 1. The number of hydrogen-bond donors (Lipinski definition) is 0. The maximum atomic E-state index is 5.35. The molecule has 0 unspecified atom stereocenters. The van der Waals surface area contributed by atoms with Crippen LogP contribution in [0.5, 0.6) is 5.75 Å². The molecule has 2 aromatic heterocycles. The molecule has 2 aromatic carbocycles. The molecule has 0 saturated heterocycles. The van der Waals surface area contributed by atoms with E-state index in [9.17, 15) is 0 Å². The Morgan fingerprint density at radius 1 is 0.964 bits per heavy atom. The van der Waals surface area contributed by atoms with Gasteiger partial charge in [0, 0.05) is 11.1 Å². The van der Waals surface area contributed by atoms with Crippen molar-refractivity contribution in [2.75, 3.05) is 7.11 Å². The Morgan fingerprint density at radius 2 is 1.82 bits per heavy atom. The van der Waals surface area contributed by atoms with Crippen molar-refractivity contribution < 1.29 is 9.26 Å². The van der Waals surface area contributed by atoms with Gasteiger partial charge in [0.25, 0.3) is 0 Å². The number of aromatic nitrogens is 4. The molecule has 0 aliphatic heterocycles. The van der Waals surface area contributed by atoms with Crippen molar-refractivity contribution in [2.24, 2.45) is 0 Å².